The van der Waals surface area contributed by atoms with Gasteiger partial charge in [-0.05, 0) is 19.9 Å². The molecule has 2 heterocycles. The fourth-order valence-corrected chi connectivity index (χ4v) is 1.97. The van der Waals surface area contributed by atoms with Crippen LogP contribution < -0.4 is 16.0 Å². The molecule has 0 radical (unpaired) electrons. The highest BCUT2D eigenvalue weighted by Crippen LogP contribution is 2.31. The van der Waals surface area contributed by atoms with E-state index in [2.05, 4.69) is 24.4 Å². The molecular formula is C12H18N4O2. The lowest BCUT2D eigenvalue weighted by atomic mass is 10.1. The normalized spacial score (nSPS) is 12.9. The zero-order valence-corrected chi connectivity index (χ0v) is 10.8. The minimum absolute atomic E-state index is 0.214. The Bertz CT molecular complexity index is 490. The monoisotopic (exact) mass is 250 g/mol. The van der Waals surface area contributed by atoms with Crippen LogP contribution in [-0.4, -0.2) is 16.9 Å². The maximum absolute atomic E-state index is 5.66. The van der Waals surface area contributed by atoms with Gasteiger partial charge in [-0.2, -0.15) is 5.10 Å². The largest absolute Gasteiger partial charge is 0.493 e. The average Bonchev–Trinajstić information content (AvgIpc) is 2.99. The Kier molecular flexibility index (Phi) is 3.69. The van der Waals surface area contributed by atoms with Crippen molar-refractivity contribution in [2.45, 2.75) is 25.9 Å². The van der Waals surface area contributed by atoms with Crippen LogP contribution in [0.25, 0.3) is 0 Å². The number of hydrazine groups is 1. The molecule has 6 nitrogen and oxygen atoms in total. The lowest BCUT2D eigenvalue weighted by Crippen LogP contribution is -2.31. The molecule has 1 atom stereocenters. The molecule has 0 spiro atoms. The summed E-state index contributed by atoms with van der Waals surface area (Å²) >= 11 is 0. The minimum Gasteiger partial charge on any atom is -0.493 e. The minimum atomic E-state index is -0.219. The van der Waals surface area contributed by atoms with Gasteiger partial charge >= 0.3 is 0 Å². The number of rotatable bonds is 5. The van der Waals surface area contributed by atoms with E-state index >= 15 is 0 Å². The highest BCUT2D eigenvalue weighted by Gasteiger charge is 2.24. The molecule has 2 aromatic rings. The fraction of sp³-hybridized carbons (Fsp3) is 0.417. The number of hydrogen-bond donors (Lipinski definition) is 2. The van der Waals surface area contributed by atoms with Gasteiger partial charge in [0.05, 0.1) is 31.9 Å². The van der Waals surface area contributed by atoms with Crippen molar-refractivity contribution in [1.29, 1.82) is 0 Å². The number of ether oxygens (including phenoxy) is 1. The summed E-state index contributed by atoms with van der Waals surface area (Å²) in [6.07, 6.45) is 4.96. The van der Waals surface area contributed by atoms with E-state index in [9.17, 15) is 0 Å². The van der Waals surface area contributed by atoms with Crippen molar-refractivity contribution in [2.75, 3.05) is 7.11 Å². The van der Waals surface area contributed by atoms with Crippen molar-refractivity contribution < 1.29 is 9.15 Å². The second kappa shape index (κ2) is 5.24. The maximum atomic E-state index is 5.66. The zero-order chi connectivity index (χ0) is 13.1. The summed E-state index contributed by atoms with van der Waals surface area (Å²) in [6.45, 7) is 4.11. The van der Waals surface area contributed by atoms with E-state index in [1.165, 1.54) is 0 Å². The Morgan fingerprint density at radius 3 is 2.78 bits per heavy atom. The molecule has 0 fully saturated rings. The van der Waals surface area contributed by atoms with Crippen LogP contribution in [0.15, 0.2) is 29.2 Å². The van der Waals surface area contributed by atoms with E-state index in [-0.39, 0.29) is 12.1 Å². The van der Waals surface area contributed by atoms with Crippen molar-refractivity contribution in [3.63, 3.8) is 0 Å². The predicted octanol–water partition coefficient (Wildman–Crippen LogP) is 1.62. The van der Waals surface area contributed by atoms with Gasteiger partial charge in [0.15, 0.2) is 5.75 Å². The summed E-state index contributed by atoms with van der Waals surface area (Å²) in [6, 6.07) is 1.86. The summed E-state index contributed by atoms with van der Waals surface area (Å²) in [4.78, 5) is 0. The Hall–Kier alpha value is -1.79. The van der Waals surface area contributed by atoms with Gasteiger partial charge in [0.1, 0.15) is 5.69 Å². The van der Waals surface area contributed by atoms with Gasteiger partial charge in [-0.3, -0.25) is 10.5 Å². The molecule has 0 aromatic carbocycles. The Labute approximate surface area is 106 Å². The molecule has 1 unspecified atom stereocenters. The number of nitrogens with one attached hydrogen (secondary N) is 1. The first-order chi connectivity index (χ1) is 8.69. The van der Waals surface area contributed by atoms with Gasteiger partial charge in [-0.25, -0.2) is 5.43 Å². The van der Waals surface area contributed by atoms with Gasteiger partial charge in [0.2, 0.25) is 0 Å². The maximum Gasteiger partial charge on any atom is 0.161 e. The van der Waals surface area contributed by atoms with Crippen LogP contribution in [0.2, 0.25) is 0 Å². The number of hydrogen-bond acceptors (Lipinski definition) is 5. The fourth-order valence-electron chi connectivity index (χ4n) is 1.97. The van der Waals surface area contributed by atoms with Crippen LogP contribution in [0.4, 0.5) is 0 Å². The molecule has 0 aliphatic carbocycles. The topological polar surface area (TPSA) is 78.2 Å². The van der Waals surface area contributed by atoms with Gasteiger partial charge in [-0.1, -0.05) is 0 Å². The zero-order valence-electron chi connectivity index (χ0n) is 10.8. The number of aromatic nitrogens is 2. The first-order valence-electron chi connectivity index (χ1n) is 5.78. The quantitative estimate of drug-likeness (QED) is 0.622. The van der Waals surface area contributed by atoms with Crippen LogP contribution >= 0.6 is 0 Å². The lowest BCUT2D eigenvalue weighted by molar-refractivity contribution is 0.393. The van der Waals surface area contributed by atoms with E-state index in [1.54, 1.807) is 25.8 Å². The molecular weight excluding hydrogens is 232 g/mol. The number of nitrogens with zero attached hydrogens (tertiary/aromatic N) is 2. The molecule has 0 bridgehead atoms. The van der Waals surface area contributed by atoms with Gasteiger partial charge < -0.3 is 9.15 Å². The number of methoxy groups -OCH3 is 1. The summed E-state index contributed by atoms with van der Waals surface area (Å²) in [5, 5.41) is 4.33. The van der Waals surface area contributed by atoms with Crippen LogP contribution in [0.5, 0.6) is 5.75 Å². The third-order valence-electron chi connectivity index (χ3n) is 2.82. The lowest BCUT2D eigenvalue weighted by Gasteiger charge is -2.19. The van der Waals surface area contributed by atoms with E-state index in [0.29, 0.717) is 5.75 Å². The Balaban J connectivity index is 2.50. The van der Waals surface area contributed by atoms with Crippen LogP contribution in [-0.2, 0) is 0 Å². The van der Waals surface area contributed by atoms with Crippen molar-refractivity contribution in [1.82, 2.24) is 15.2 Å². The molecule has 0 saturated carbocycles. The molecule has 0 saturated heterocycles. The summed E-state index contributed by atoms with van der Waals surface area (Å²) < 4.78 is 12.3. The van der Waals surface area contributed by atoms with Gasteiger partial charge in [-0.15, -0.1) is 0 Å². The standard InChI is InChI=1S/C12H18N4O2/c1-8(2)16-12(10(17-3)6-14-16)11(15-13)9-4-5-18-7-9/h4-8,11,15H,13H2,1-3H3. The van der Waals surface area contributed by atoms with E-state index in [0.717, 1.165) is 11.3 Å². The van der Waals surface area contributed by atoms with E-state index in [1.807, 2.05) is 10.7 Å². The molecule has 3 N–H and O–H groups in total. The second-order valence-electron chi connectivity index (χ2n) is 4.29. The molecule has 0 amide bonds. The number of nitrogens with two attached hydrogens (primary N) is 1. The van der Waals surface area contributed by atoms with Crippen molar-refractivity contribution in [3.05, 3.63) is 36.0 Å². The van der Waals surface area contributed by atoms with Crippen molar-refractivity contribution in [3.8, 4) is 5.75 Å². The molecule has 6 heteroatoms. The summed E-state index contributed by atoms with van der Waals surface area (Å²) in [5.41, 5.74) is 4.59. The molecule has 0 aliphatic heterocycles. The summed E-state index contributed by atoms with van der Waals surface area (Å²) in [7, 11) is 1.62. The first kappa shape index (κ1) is 12.7. The highest BCUT2D eigenvalue weighted by atomic mass is 16.5. The van der Waals surface area contributed by atoms with E-state index in [4.69, 9.17) is 15.0 Å². The number of furan rings is 1. The first-order valence-corrected chi connectivity index (χ1v) is 5.78. The van der Waals surface area contributed by atoms with Crippen LogP contribution in [0.1, 0.15) is 37.2 Å². The van der Waals surface area contributed by atoms with Crippen molar-refractivity contribution >= 4 is 0 Å². The Morgan fingerprint density at radius 2 is 2.28 bits per heavy atom. The molecule has 2 rings (SSSR count). The molecule has 2 aromatic heterocycles. The van der Waals surface area contributed by atoms with Gasteiger partial charge in [0, 0.05) is 11.6 Å². The van der Waals surface area contributed by atoms with E-state index < -0.39 is 0 Å². The highest BCUT2D eigenvalue weighted by molar-refractivity contribution is 5.35. The molecule has 98 valence electrons. The van der Waals surface area contributed by atoms with Gasteiger partial charge in [0.25, 0.3) is 0 Å². The smallest absolute Gasteiger partial charge is 0.161 e. The predicted molar refractivity (Wildman–Crippen MR) is 67.0 cm³/mol. The second-order valence-corrected chi connectivity index (χ2v) is 4.29. The van der Waals surface area contributed by atoms with Crippen LogP contribution in [0, 0.1) is 0 Å². The SMILES string of the molecule is COc1cnn(C(C)C)c1C(NN)c1ccoc1. The third kappa shape index (κ3) is 2.12. The molecule has 18 heavy (non-hydrogen) atoms. The summed E-state index contributed by atoms with van der Waals surface area (Å²) in [5.74, 6) is 6.36. The average molecular weight is 250 g/mol. The van der Waals surface area contributed by atoms with Crippen molar-refractivity contribution in [2.24, 2.45) is 5.84 Å². The van der Waals surface area contributed by atoms with Crippen LogP contribution in [0.3, 0.4) is 0 Å². The Morgan fingerprint density at radius 1 is 1.50 bits per heavy atom. The third-order valence-corrected chi connectivity index (χ3v) is 2.82. The molecule has 0 aliphatic rings.